The van der Waals surface area contributed by atoms with Crippen LogP contribution in [0.5, 0.6) is 0 Å². The van der Waals surface area contributed by atoms with Crippen LogP contribution in [0.15, 0.2) is 46.6 Å². The molecule has 128 valence electrons. The summed E-state index contributed by atoms with van der Waals surface area (Å²) in [6.07, 6.45) is 4.86. The van der Waals surface area contributed by atoms with Crippen molar-refractivity contribution in [2.45, 2.75) is 6.92 Å². The van der Waals surface area contributed by atoms with Gasteiger partial charge in [-0.25, -0.2) is 4.99 Å². The molecule has 0 aliphatic carbocycles. The van der Waals surface area contributed by atoms with Gasteiger partial charge in [0.05, 0.1) is 15.6 Å². The molecule has 2 heterocycles. The number of nitrogens with zero attached hydrogens (tertiary/aromatic N) is 3. The number of rotatable bonds is 3. The Kier molecular flexibility index (Phi) is 5.69. The van der Waals surface area contributed by atoms with Gasteiger partial charge in [-0.2, -0.15) is 0 Å². The highest BCUT2D eigenvalue weighted by atomic mass is 35.5. The molecule has 0 saturated carbocycles. The van der Waals surface area contributed by atoms with Crippen LogP contribution >= 0.6 is 46.6 Å². The smallest absolute Gasteiger partial charge is 0.266 e. The van der Waals surface area contributed by atoms with Crippen molar-refractivity contribution in [3.63, 3.8) is 0 Å². The van der Waals surface area contributed by atoms with Gasteiger partial charge in [0.25, 0.3) is 5.91 Å². The summed E-state index contributed by atoms with van der Waals surface area (Å²) in [5.41, 5.74) is 1.29. The zero-order valence-electron chi connectivity index (χ0n) is 13.0. The summed E-state index contributed by atoms with van der Waals surface area (Å²) in [4.78, 5) is 23.2. The van der Waals surface area contributed by atoms with Gasteiger partial charge in [-0.3, -0.25) is 14.7 Å². The van der Waals surface area contributed by atoms with Crippen LogP contribution in [0.4, 0.5) is 5.69 Å². The number of carbonyl (C=O) groups is 1. The zero-order chi connectivity index (χ0) is 18.0. The maximum atomic E-state index is 12.6. The third kappa shape index (κ3) is 4.01. The van der Waals surface area contributed by atoms with Gasteiger partial charge >= 0.3 is 0 Å². The van der Waals surface area contributed by atoms with Crippen molar-refractivity contribution in [3.8, 4) is 0 Å². The van der Waals surface area contributed by atoms with Gasteiger partial charge < -0.3 is 0 Å². The number of aromatic nitrogens is 1. The second-order valence-electron chi connectivity index (χ2n) is 5.05. The Morgan fingerprint density at radius 3 is 2.72 bits per heavy atom. The summed E-state index contributed by atoms with van der Waals surface area (Å²) < 4.78 is 0. The van der Waals surface area contributed by atoms with E-state index in [1.54, 1.807) is 41.4 Å². The van der Waals surface area contributed by atoms with Gasteiger partial charge in [-0.05, 0) is 48.5 Å². The molecule has 1 aliphatic rings. The molecule has 1 aromatic carbocycles. The molecule has 0 spiro atoms. The van der Waals surface area contributed by atoms with E-state index < -0.39 is 0 Å². The second kappa shape index (κ2) is 7.79. The van der Waals surface area contributed by atoms with Crippen molar-refractivity contribution in [1.82, 2.24) is 9.88 Å². The van der Waals surface area contributed by atoms with Gasteiger partial charge in [-0.15, -0.1) is 0 Å². The van der Waals surface area contributed by atoms with E-state index in [9.17, 15) is 4.79 Å². The van der Waals surface area contributed by atoms with Crippen LogP contribution in [0, 0.1) is 0 Å². The molecule has 1 saturated heterocycles. The van der Waals surface area contributed by atoms with E-state index in [1.807, 2.05) is 6.92 Å². The molecular weight excluding hydrogens is 401 g/mol. The number of likely N-dealkylation sites (N-methyl/N-ethyl adjacent to an activating group) is 1. The fourth-order valence-electron chi connectivity index (χ4n) is 2.19. The Morgan fingerprint density at radius 2 is 2.04 bits per heavy atom. The molecule has 2 aromatic rings. The van der Waals surface area contributed by atoms with Crippen molar-refractivity contribution in [3.05, 3.63) is 62.2 Å². The number of thioether (sulfide) groups is 1. The average molecular weight is 413 g/mol. The third-order valence-corrected chi connectivity index (χ3v) is 5.28. The number of hydrogen-bond donors (Lipinski definition) is 0. The minimum absolute atomic E-state index is 0.123. The Morgan fingerprint density at radius 1 is 1.24 bits per heavy atom. The fraction of sp³-hybridized carbons (Fsp3) is 0.118. The molecule has 0 atom stereocenters. The van der Waals surface area contributed by atoms with E-state index in [0.717, 1.165) is 5.56 Å². The van der Waals surface area contributed by atoms with Crippen molar-refractivity contribution in [1.29, 1.82) is 0 Å². The SMILES string of the molecule is CCN1C(=O)/C(=C/c2ccc(Cl)cc2Cl)SC1=Nc1ccncc1Cl. The van der Waals surface area contributed by atoms with Gasteiger partial charge in [0, 0.05) is 29.0 Å². The Bertz CT molecular complexity index is 898. The largest absolute Gasteiger partial charge is 0.287 e. The van der Waals surface area contributed by atoms with Crippen molar-refractivity contribution < 1.29 is 4.79 Å². The first-order valence-electron chi connectivity index (χ1n) is 7.34. The lowest BCUT2D eigenvalue weighted by Crippen LogP contribution is -2.28. The molecule has 0 N–H and O–H groups in total. The third-order valence-electron chi connectivity index (χ3n) is 3.42. The highest BCUT2D eigenvalue weighted by Crippen LogP contribution is 2.36. The molecule has 0 radical (unpaired) electrons. The predicted molar refractivity (Wildman–Crippen MR) is 106 cm³/mol. The first-order chi connectivity index (χ1) is 12.0. The summed E-state index contributed by atoms with van der Waals surface area (Å²) in [7, 11) is 0. The van der Waals surface area contributed by atoms with E-state index in [1.165, 1.54) is 18.0 Å². The van der Waals surface area contributed by atoms with Crippen LogP contribution < -0.4 is 0 Å². The Balaban J connectivity index is 1.98. The fourth-order valence-corrected chi connectivity index (χ4v) is 3.86. The van der Waals surface area contributed by atoms with Crippen LogP contribution in [0.1, 0.15) is 12.5 Å². The highest BCUT2D eigenvalue weighted by Gasteiger charge is 2.32. The quantitative estimate of drug-likeness (QED) is 0.610. The van der Waals surface area contributed by atoms with Crippen molar-refractivity contribution in [2.75, 3.05) is 6.54 Å². The molecule has 0 unspecified atom stereocenters. The maximum absolute atomic E-state index is 12.6. The number of aliphatic imine (C=N–C) groups is 1. The lowest BCUT2D eigenvalue weighted by atomic mass is 10.2. The topological polar surface area (TPSA) is 45.6 Å². The number of carbonyl (C=O) groups excluding carboxylic acids is 1. The normalized spacial score (nSPS) is 17.8. The summed E-state index contributed by atoms with van der Waals surface area (Å²) in [6.45, 7) is 2.39. The molecule has 0 bridgehead atoms. The average Bonchev–Trinajstić information content (AvgIpc) is 2.87. The van der Waals surface area contributed by atoms with E-state index >= 15 is 0 Å². The van der Waals surface area contributed by atoms with Gasteiger partial charge in [0.2, 0.25) is 0 Å². The molecule has 25 heavy (non-hydrogen) atoms. The number of amidine groups is 1. The van der Waals surface area contributed by atoms with E-state index in [4.69, 9.17) is 34.8 Å². The summed E-state index contributed by atoms with van der Waals surface area (Å²) >= 11 is 19.5. The lowest BCUT2D eigenvalue weighted by Gasteiger charge is -2.12. The van der Waals surface area contributed by atoms with E-state index in [2.05, 4.69) is 9.98 Å². The zero-order valence-corrected chi connectivity index (χ0v) is 16.1. The minimum atomic E-state index is -0.123. The number of pyridine rings is 1. The van der Waals surface area contributed by atoms with Gasteiger partial charge in [-0.1, -0.05) is 40.9 Å². The molecule has 8 heteroatoms. The number of amides is 1. The highest BCUT2D eigenvalue weighted by molar-refractivity contribution is 8.18. The molecule has 3 rings (SSSR count). The lowest BCUT2D eigenvalue weighted by molar-refractivity contribution is -0.122. The maximum Gasteiger partial charge on any atom is 0.266 e. The Hall–Kier alpha value is -1.53. The predicted octanol–water partition coefficient (Wildman–Crippen LogP) is 5.67. The summed E-state index contributed by atoms with van der Waals surface area (Å²) in [5.74, 6) is -0.123. The molecular formula is C17H12Cl3N3OS. The number of hydrogen-bond acceptors (Lipinski definition) is 4. The van der Waals surface area contributed by atoms with Crippen LogP contribution in [-0.2, 0) is 4.79 Å². The van der Waals surface area contributed by atoms with E-state index in [-0.39, 0.29) is 5.91 Å². The number of benzene rings is 1. The molecule has 1 aliphatic heterocycles. The van der Waals surface area contributed by atoms with Crippen LogP contribution in [0.25, 0.3) is 6.08 Å². The Labute approximate surface area is 164 Å². The summed E-state index contributed by atoms with van der Waals surface area (Å²) in [5, 5.41) is 2.02. The van der Waals surface area contributed by atoms with Crippen LogP contribution in [0.2, 0.25) is 15.1 Å². The van der Waals surface area contributed by atoms with E-state index in [0.29, 0.717) is 37.4 Å². The number of halogens is 3. The second-order valence-corrected chi connectivity index (χ2v) is 7.31. The molecule has 1 amide bonds. The first-order valence-corrected chi connectivity index (χ1v) is 9.29. The van der Waals surface area contributed by atoms with Gasteiger partial charge in [0.1, 0.15) is 0 Å². The van der Waals surface area contributed by atoms with Crippen molar-refractivity contribution >= 4 is 69.4 Å². The van der Waals surface area contributed by atoms with Crippen LogP contribution in [-0.4, -0.2) is 27.5 Å². The molecule has 4 nitrogen and oxygen atoms in total. The van der Waals surface area contributed by atoms with Crippen LogP contribution in [0.3, 0.4) is 0 Å². The monoisotopic (exact) mass is 411 g/mol. The van der Waals surface area contributed by atoms with Crippen molar-refractivity contribution in [2.24, 2.45) is 4.99 Å². The summed E-state index contributed by atoms with van der Waals surface area (Å²) in [6, 6.07) is 6.85. The minimum Gasteiger partial charge on any atom is -0.287 e. The van der Waals surface area contributed by atoms with Gasteiger partial charge in [0.15, 0.2) is 5.17 Å². The first kappa shape index (κ1) is 18.3. The molecule has 1 aromatic heterocycles. The standard InChI is InChI=1S/C17H12Cl3N3OS/c1-2-23-16(24)15(7-10-3-4-11(18)8-12(10)19)25-17(23)22-14-5-6-21-9-13(14)20/h3-9H,2H2,1H3/b15-7-,22-17?. The molecule has 1 fully saturated rings.